The number of sulfonamides is 1. The van der Waals surface area contributed by atoms with E-state index < -0.39 is 15.9 Å². The molecule has 1 aromatic heterocycles. The molecule has 2 aromatic carbocycles. The highest BCUT2D eigenvalue weighted by molar-refractivity contribution is 7.94. The lowest BCUT2D eigenvalue weighted by Crippen LogP contribution is -2.41. The zero-order valence-electron chi connectivity index (χ0n) is 17.3. The minimum Gasteiger partial charge on any atom is -0.497 e. The number of methoxy groups -OCH3 is 2. The molecule has 3 aromatic rings. The smallest absolute Gasteiger partial charge is 0.274 e. The zero-order chi connectivity index (χ0) is 22.3. The second kappa shape index (κ2) is 10.3. The number of ether oxygens (including phenoxy) is 2. The normalized spacial score (nSPS) is 11.0. The fourth-order valence-electron chi connectivity index (χ4n) is 2.98. The topological polar surface area (TPSA) is 84.9 Å². The standard InChI is InChI=1S/C22H24N2O5S2/c1-28-18-11-9-17(10-12-18)13-14-23-21(25)16-24(19-6-3-4-7-20(19)29-2)31(26,27)22-8-5-15-30-22/h3-12,15H,13-14,16H2,1-2H3,(H,23,25). The van der Waals surface area contributed by atoms with Gasteiger partial charge in [-0.25, -0.2) is 8.42 Å². The number of anilines is 1. The van der Waals surface area contributed by atoms with Crippen molar-refractivity contribution in [3.8, 4) is 11.5 Å². The summed E-state index contributed by atoms with van der Waals surface area (Å²) >= 11 is 1.10. The third-order valence-corrected chi connectivity index (χ3v) is 7.71. The summed E-state index contributed by atoms with van der Waals surface area (Å²) in [4.78, 5) is 12.7. The van der Waals surface area contributed by atoms with Crippen molar-refractivity contribution in [2.24, 2.45) is 0 Å². The van der Waals surface area contributed by atoms with Crippen LogP contribution in [0.25, 0.3) is 0 Å². The maximum Gasteiger partial charge on any atom is 0.274 e. The molecule has 0 saturated carbocycles. The third kappa shape index (κ3) is 5.56. The monoisotopic (exact) mass is 460 g/mol. The summed E-state index contributed by atoms with van der Waals surface area (Å²) in [7, 11) is -0.860. The van der Waals surface area contributed by atoms with E-state index in [0.717, 1.165) is 27.0 Å². The number of carbonyl (C=O) groups is 1. The number of nitrogens with one attached hydrogen (secondary N) is 1. The fraction of sp³-hybridized carbons (Fsp3) is 0.227. The molecule has 1 heterocycles. The Balaban J connectivity index is 1.74. The van der Waals surface area contributed by atoms with E-state index >= 15 is 0 Å². The first-order valence-electron chi connectivity index (χ1n) is 9.54. The average molecular weight is 461 g/mol. The maximum absolute atomic E-state index is 13.2. The molecule has 0 aliphatic carbocycles. The number of amides is 1. The summed E-state index contributed by atoms with van der Waals surface area (Å²) in [5.74, 6) is 0.729. The quantitative estimate of drug-likeness (QED) is 0.502. The fourth-order valence-corrected chi connectivity index (χ4v) is 5.52. The van der Waals surface area contributed by atoms with Gasteiger partial charge in [0.25, 0.3) is 10.0 Å². The Kier molecular flexibility index (Phi) is 7.54. The zero-order valence-corrected chi connectivity index (χ0v) is 18.9. The molecule has 3 rings (SSSR count). The number of nitrogens with zero attached hydrogens (tertiary/aromatic N) is 1. The number of rotatable bonds is 10. The Labute approximate surface area is 186 Å². The minimum atomic E-state index is -3.93. The van der Waals surface area contributed by atoms with Crippen LogP contribution in [0.2, 0.25) is 0 Å². The van der Waals surface area contributed by atoms with Crippen LogP contribution in [0.5, 0.6) is 11.5 Å². The molecule has 1 amide bonds. The van der Waals surface area contributed by atoms with Crippen molar-refractivity contribution in [3.05, 3.63) is 71.6 Å². The molecule has 0 aliphatic rings. The highest BCUT2D eigenvalue weighted by atomic mass is 32.2. The van der Waals surface area contributed by atoms with Crippen molar-refractivity contribution in [1.82, 2.24) is 5.32 Å². The van der Waals surface area contributed by atoms with Crippen molar-refractivity contribution in [2.75, 3.05) is 31.6 Å². The number of thiophene rings is 1. The molecule has 0 aliphatic heterocycles. The van der Waals surface area contributed by atoms with Gasteiger partial charge in [-0.1, -0.05) is 30.3 Å². The number of carbonyl (C=O) groups excluding carboxylic acids is 1. The van der Waals surface area contributed by atoms with Crippen LogP contribution in [0.3, 0.4) is 0 Å². The molecule has 1 N–H and O–H groups in total. The Bertz CT molecular complexity index is 1100. The molecule has 9 heteroatoms. The van der Waals surface area contributed by atoms with Crippen molar-refractivity contribution in [1.29, 1.82) is 0 Å². The second-order valence-electron chi connectivity index (χ2n) is 6.56. The number of hydrogen-bond acceptors (Lipinski definition) is 6. The van der Waals surface area contributed by atoms with Gasteiger partial charge < -0.3 is 14.8 Å². The Morgan fingerprint density at radius 2 is 1.74 bits per heavy atom. The van der Waals surface area contributed by atoms with E-state index in [4.69, 9.17) is 9.47 Å². The van der Waals surface area contributed by atoms with Crippen molar-refractivity contribution in [3.63, 3.8) is 0 Å². The second-order valence-corrected chi connectivity index (χ2v) is 9.60. The van der Waals surface area contributed by atoms with Crippen molar-refractivity contribution >= 4 is 33.0 Å². The van der Waals surface area contributed by atoms with E-state index in [1.54, 1.807) is 42.8 Å². The van der Waals surface area contributed by atoms with Crippen LogP contribution in [-0.4, -0.2) is 41.6 Å². The SMILES string of the molecule is COc1ccc(CCNC(=O)CN(c2ccccc2OC)S(=O)(=O)c2cccs2)cc1. The average Bonchev–Trinajstić information content (AvgIpc) is 3.34. The molecule has 0 spiro atoms. The van der Waals surface area contributed by atoms with Gasteiger partial charge >= 0.3 is 0 Å². The van der Waals surface area contributed by atoms with Gasteiger partial charge in [0, 0.05) is 6.54 Å². The van der Waals surface area contributed by atoms with Crippen LogP contribution in [0, 0.1) is 0 Å². The van der Waals surface area contributed by atoms with Gasteiger partial charge in [-0.2, -0.15) is 0 Å². The molecule has 7 nitrogen and oxygen atoms in total. The largest absolute Gasteiger partial charge is 0.497 e. The predicted molar refractivity (Wildman–Crippen MR) is 122 cm³/mol. The van der Waals surface area contributed by atoms with Gasteiger partial charge in [-0.15, -0.1) is 11.3 Å². The lowest BCUT2D eigenvalue weighted by molar-refractivity contribution is -0.119. The Morgan fingerprint density at radius 1 is 1.00 bits per heavy atom. The predicted octanol–water partition coefficient (Wildman–Crippen LogP) is 3.32. The van der Waals surface area contributed by atoms with Crippen molar-refractivity contribution < 1.29 is 22.7 Å². The number of benzene rings is 2. The van der Waals surface area contributed by atoms with Crippen LogP contribution in [0.1, 0.15) is 5.56 Å². The first-order valence-corrected chi connectivity index (χ1v) is 11.9. The van der Waals surface area contributed by atoms with E-state index in [2.05, 4.69) is 5.32 Å². The summed E-state index contributed by atoms with van der Waals surface area (Å²) in [6, 6.07) is 17.5. The molecular formula is C22H24N2O5S2. The molecule has 0 atom stereocenters. The summed E-state index contributed by atoms with van der Waals surface area (Å²) in [5, 5.41) is 4.48. The minimum absolute atomic E-state index is 0.157. The van der Waals surface area contributed by atoms with Gasteiger partial charge in [0.15, 0.2) is 0 Å². The first kappa shape index (κ1) is 22.6. The maximum atomic E-state index is 13.2. The summed E-state index contributed by atoms with van der Waals surface area (Å²) in [6.07, 6.45) is 0.613. The molecular weight excluding hydrogens is 436 g/mol. The third-order valence-electron chi connectivity index (χ3n) is 4.58. The number of hydrogen-bond donors (Lipinski definition) is 1. The molecule has 0 radical (unpaired) electrons. The summed E-state index contributed by atoms with van der Waals surface area (Å²) < 4.78 is 38.2. The van der Waals surface area contributed by atoms with E-state index in [1.165, 1.54) is 13.2 Å². The molecule has 0 bridgehead atoms. The lowest BCUT2D eigenvalue weighted by Gasteiger charge is -2.25. The Hall–Kier alpha value is -3.04. The molecule has 0 saturated heterocycles. The van der Waals surface area contributed by atoms with Gasteiger partial charge in [-0.05, 0) is 47.7 Å². The molecule has 0 fully saturated rings. The van der Waals surface area contributed by atoms with Gasteiger partial charge in [-0.3, -0.25) is 9.10 Å². The van der Waals surface area contributed by atoms with Gasteiger partial charge in [0.2, 0.25) is 5.91 Å². The first-order chi connectivity index (χ1) is 15.0. The highest BCUT2D eigenvalue weighted by Gasteiger charge is 2.29. The van der Waals surface area contributed by atoms with Crippen molar-refractivity contribution in [2.45, 2.75) is 10.6 Å². The lowest BCUT2D eigenvalue weighted by atomic mass is 10.1. The molecule has 31 heavy (non-hydrogen) atoms. The van der Waals surface area contributed by atoms with E-state index in [9.17, 15) is 13.2 Å². The summed E-state index contributed by atoms with van der Waals surface area (Å²) in [6.45, 7) is 0.0210. The number of para-hydroxylation sites is 2. The van der Waals surface area contributed by atoms with E-state index in [0.29, 0.717) is 24.4 Å². The van der Waals surface area contributed by atoms with E-state index in [1.807, 2.05) is 24.3 Å². The van der Waals surface area contributed by atoms with Crippen LogP contribution in [0.15, 0.2) is 70.3 Å². The highest BCUT2D eigenvalue weighted by Crippen LogP contribution is 2.33. The van der Waals surface area contributed by atoms with Crippen LogP contribution in [-0.2, 0) is 21.2 Å². The summed E-state index contributed by atoms with van der Waals surface area (Å²) in [5.41, 5.74) is 1.34. The molecule has 164 valence electrons. The Morgan fingerprint density at radius 3 is 2.39 bits per heavy atom. The van der Waals surface area contributed by atoms with Gasteiger partial charge in [0.1, 0.15) is 22.3 Å². The van der Waals surface area contributed by atoms with E-state index in [-0.39, 0.29) is 10.8 Å². The van der Waals surface area contributed by atoms with Gasteiger partial charge in [0.05, 0.1) is 19.9 Å². The van der Waals surface area contributed by atoms with Crippen LogP contribution < -0.4 is 19.1 Å². The van der Waals surface area contributed by atoms with Crippen LogP contribution >= 0.6 is 11.3 Å². The molecule has 0 unspecified atom stereocenters. The van der Waals surface area contributed by atoms with Crippen LogP contribution in [0.4, 0.5) is 5.69 Å².